The summed E-state index contributed by atoms with van der Waals surface area (Å²) in [5.41, 5.74) is 0.588. The summed E-state index contributed by atoms with van der Waals surface area (Å²) >= 11 is 0. The van der Waals surface area contributed by atoms with Crippen LogP contribution in [0.15, 0.2) is 24.3 Å². The molecule has 8 heteroatoms. The van der Waals surface area contributed by atoms with Gasteiger partial charge in [-0.05, 0) is 32.0 Å². The molecule has 1 aromatic rings. The van der Waals surface area contributed by atoms with Crippen LogP contribution in [0.1, 0.15) is 13.3 Å². The lowest BCUT2D eigenvalue weighted by Crippen LogP contribution is -2.53. The minimum atomic E-state index is -0.577. The van der Waals surface area contributed by atoms with Crippen LogP contribution in [0, 0.1) is 0 Å². The van der Waals surface area contributed by atoms with Crippen molar-refractivity contribution >= 4 is 24.1 Å². The second-order valence-electron chi connectivity index (χ2n) is 5.31. The van der Waals surface area contributed by atoms with Crippen molar-refractivity contribution < 1.29 is 19.4 Å². The lowest BCUT2D eigenvalue weighted by Gasteiger charge is -2.29. The maximum atomic E-state index is 12.1. The predicted octanol–water partition coefficient (Wildman–Crippen LogP) is 1.37. The van der Waals surface area contributed by atoms with Crippen LogP contribution in [0.2, 0.25) is 0 Å². The Morgan fingerprint density at radius 3 is 2.92 bits per heavy atom. The van der Waals surface area contributed by atoms with Gasteiger partial charge >= 0.3 is 6.03 Å². The average Bonchev–Trinajstić information content (AvgIpc) is 2.55. The Balaban J connectivity index is 0.00000288. The van der Waals surface area contributed by atoms with Gasteiger partial charge in [-0.25, -0.2) is 4.79 Å². The lowest BCUT2D eigenvalue weighted by molar-refractivity contribution is 0.107. The molecule has 4 N–H and O–H groups in total. The number of urea groups is 1. The number of rotatable bonds is 7. The summed E-state index contributed by atoms with van der Waals surface area (Å²) in [4.78, 5) is 12.1. The Bertz CT molecular complexity index is 504. The Hall–Kier alpha value is -1.54. The molecule has 0 radical (unpaired) electrons. The first kappa shape index (κ1) is 20.5. The van der Waals surface area contributed by atoms with E-state index in [1.165, 1.54) is 0 Å². The maximum Gasteiger partial charge on any atom is 0.319 e. The van der Waals surface area contributed by atoms with E-state index >= 15 is 0 Å². The molecule has 1 fully saturated rings. The molecular formula is C16H26ClN3O4. The zero-order valence-electron chi connectivity index (χ0n) is 13.8. The quantitative estimate of drug-likeness (QED) is 0.552. The highest BCUT2D eigenvalue weighted by Gasteiger charge is 2.24. The number of para-hydroxylation sites is 2. The van der Waals surface area contributed by atoms with Crippen LogP contribution in [-0.4, -0.2) is 56.2 Å². The van der Waals surface area contributed by atoms with Crippen molar-refractivity contribution in [3.05, 3.63) is 24.3 Å². The number of hydrogen-bond donors (Lipinski definition) is 4. The minimum absolute atomic E-state index is 0. The summed E-state index contributed by atoms with van der Waals surface area (Å²) < 4.78 is 10.9. The summed E-state index contributed by atoms with van der Waals surface area (Å²) in [5.74, 6) is 0.591. The molecule has 1 aliphatic heterocycles. The summed E-state index contributed by atoms with van der Waals surface area (Å²) in [5, 5.41) is 18.5. The van der Waals surface area contributed by atoms with Gasteiger partial charge in [0, 0.05) is 13.2 Å². The number of carbonyl (C=O) groups is 1. The smallest absolute Gasteiger partial charge is 0.319 e. The Morgan fingerprint density at radius 2 is 2.17 bits per heavy atom. The summed E-state index contributed by atoms with van der Waals surface area (Å²) in [6, 6.07) is 6.63. The topological polar surface area (TPSA) is 91.9 Å². The normalized spacial score (nSPS) is 19.9. The molecule has 1 aromatic carbocycles. The third kappa shape index (κ3) is 6.52. The fourth-order valence-electron chi connectivity index (χ4n) is 2.39. The number of amides is 2. The number of halogens is 1. The molecular weight excluding hydrogens is 334 g/mol. The van der Waals surface area contributed by atoms with E-state index < -0.39 is 6.10 Å². The van der Waals surface area contributed by atoms with Crippen LogP contribution in [0.3, 0.4) is 0 Å². The van der Waals surface area contributed by atoms with E-state index in [2.05, 4.69) is 16.0 Å². The fraction of sp³-hybridized carbons (Fsp3) is 0.562. The van der Waals surface area contributed by atoms with Crippen LogP contribution in [0.4, 0.5) is 10.5 Å². The molecule has 0 bridgehead atoms. The van der Waals surface area contributed by atoms with E-state index in [0.717, 1.165) is 6.54 Å². The van der Waals surface area contributed by atoms with E-state index in [0.29, 0.717) is 44.2 Å². The van der Waals surface area contributed by atoms with Gasteiger partial charge in [0.05, 0.1) is 24.4 Å². The third-order valence-electron chi connectivity index (χ3n) is 3.59. The number of β-amino-alcohol motifs (C(OH)–C–C–N with tert-alkyl or cyclic N) is 1. The largest absolute Gasteiger partial charge is 0.489 e. The van der Waals surface area contributed by atoms with E-state index in [4.69, 9.17) is 9.47 Å². The molecule has 0 aromatic heterocycles. The number of carbonyl (C=O) groups excluding carboxylic acids is 1. The van der Waals surface area contributed by atoms with Crippen molar-refractivity contribution in [3.8, 4) is 5.75 Å². The van der Waals surface area contributed by atoms with E-state index in [-0.39, 0.29) is 24.5 Å². The molecule has 1 aliphatic rings. The van der Waals surface area contributed by atoms with Gasteiger partial charge in [0.25, 0.3) is 0 Å². The second kappa shape index (κ2) is 11.1. The van der Waals surface area contributed by atoms with Gasteiger partial charge < -0.3 is 30.5 Å². The highest BCUT2D eigenvalue weighted by atomic mass is 35.5. The number of anilines is 1. The molecule has 0 saturated carbocycles. The lowest BCUT2D eigenvalue weighted by atomic mass is 10.0. The van der Waals surface area contributed by atoms with Crippen molar-refractivity contribution in [2.24, 2.45) is 0 Å². The van der Waals surface area contributed by atoms with E-state index in [1.807, 2.05) is 19.1 Å². The van der Waals surface area contributed by atoms with Crippen molar-refractivity contribution in [1.29, 1.82) is 0 Å². The van der Waals surface area contributed by atoms with Gasteiger partial charge in [0.1, 0.15) is 12.4 Å². The zero-order valence-corrected chi connectivity index (χ0v) is 14.6. The van der Waals surface area contributed by atoms with Crippen LogP contribution in [-0.2, 0) is 4.74 Å². The first-order valence-corrected chi connectivity index (χ1v) is 7.96. The molecule has 0 spiro atoms. The molecule has 1 saturated heterocycles. The van der Waals surface area contributed by atoms with Crippen LogP contribution in [0.5, 0.6) is 5.75 Å². The number of hydrogen-bond acceptors (Lipinski definition) is 5. The Kier molecular flexibility index (Phi) is 9.48. The van der Waals surface area contributed by atoms with Gasteiger partial charge in [-0.15, -0.1) is 12.4 Å². The fourth-order valence-corrected chi connectivity index (χ4v) is 2.39. The molecule has 0 aliphatic carbocycles. The number of piperidine rings is 1. The Morgan fingerprint density at radius 1 is 1.38 bits per heavy atom. The third-order valence-corrected chi connectivity index (χ3v) is 3.59. The van der Waals surface area contributed by atoms with E-state index in [1.54, 1.807) is 12.1 Å². The van der Waals surface area contributed by atoms with Gasteiger partial charge in [0.2, 0.25) is 0 Å². The first-order chi connectivity index (χ1) is 11.2. The highest BCUT2D eigenvalue weighted by molar-refractivity contribution is 5.91. The average molecular weight is 360 g/mol. The molecule has 7 nitrogen and oxygen atoms in total. The summed E-state index contributed by atoms with van der Waals surface area (Å²) in [7, 11) is 0. The molecule has 0 unspecified atom stereocenters. The number of aliphatic hydroxyl groups is 1. The van der Waals surface area contributed by atoms with Crippen molar-refractivity contribution in [2.75, 3.05) is 38.2 Å². The minimum Gasteiger partial charge on any atom is -0.489 e. The summed E-state index contributed by atoms with van der Waals surface area (Å²) in [6.07, 6.45) is 0.119. The Labute approximate surface area is 148 Å². The molecule has 24 heavy (non-hydrogen) atoms. The van der Waals surface area contributed by atoms with Crippen LogP contribution < -0.4 is 20.7 Å². The predicted molar refractivity (Wildman–Crippen MR) is 95.1 cm³/mol. The van der Waals surface area contributed by atoms with Gasteiger partial charge in [-0.2, -0.15) is 0 Å². The van der Waals surface area contributed by atoms with Crippen molar-refractivity contribution in [2.45, 2.75) is 25.5 Å². The standard InChI is InChI=1S/C16H25N3O4.ClH/c1-2-22-9-10-23-15-6-4-3-5-13(15)19-16(21)18-12-7-8-17-11-14(12)20;/h3-6,12,14,17,20H,2,7-11H2,1H3,(H2,18,19,21);1H/t12-,14-;/m1./s1. The molecule has 2 atom stereocenters. The highest BCUT2D eigenvalue weighted by Crippen LogP contribution is 2.23. The molecule has 1 heterocycles. The van der Waals surface area contributed by atoms with Crippen molar-refractivity contribution in [3.63, 3.8) is 0 Å². The molecule has 136 valence electrons. The number of ether oxygens (including phenoxy) is 2. The zero-order chi connectivity index (χ0) is 16.5. The second-order valence-corrected chi connectivity index (χ2v) is 5.31. The SMILES string of the molecule is CCOCCOc1ccccc1NC(=O)N[C@@H]1CCNC[C@H]1O.Cl. The molecule has 2 amide bonds. The molecule has 2 rings (SSSR count). The van der Waals surface area contributed by atoms with E-state index in [9.17, 15) is 9.90 Å². The van der Waals surface area contributed by atoms with Crippen LogP contribution >= 0.6 is 12.4 Å². The number of benzene rings is 1. The number of nitrogens with one attached hydrogen (secondary N) is 3. The van der Waals surface area contributed by atoms with Crippen LogP contribution in [0.25, 0.3) is 0 Å². The van der Waals surface area contributed by atoms with Gasteiger partial charge in [-0.1, -0.05) is 12.1 Å². The van der Waals surface area contributed by atoms with Gasteiger partial charge in [-0.3, -0.25) is 0 Å². The van der Waals surface area contributed by atoms with Gasteiger partial charge in [0.15, 0.2) is 0 Å². The first-order valence-electron chi connectivity index (χ1n) is 7.96. The monoisotopic (exact) mass is 359 g/mol. The summed E-state index contributed by atoms with van der Waals surface area (Å²) in [6.45, 7) is 4.75. The van der Waals surface area contributed by atoms with Crippen molar-refractivity contribution in [1.82, 2.24) is 10.6 Å². The number of aliphatic hydroxyl groups excluding tert-OH is 1. The maximum absolute atomic E-state index is 12.1.